The molecule has 0 radical (unpaired) electrons. The van der Waals surface area contributed by atoms with Gasteiger partial charge in [-0.3, -0.25) is 0 Å². The number of ether oxygens (including phenoxy) is 3. The molecule has 0 saturated heterocycles. The molecule has 1 heterocycles. The van der Waals surface area contributed by atoms with Gasteiger partial charge in [-0.15, -0.1) is 0 Å². The third-order valence-corrected chi connectivity index (χ3v) is 3.01. The Morgan fingerprint density at radius 3 is 2.95 bits per heavy atom. The van der Waals surface area contributed by atoms with E-state index in [2.05, 4.69) is 0 Å². The highest BCUT2D eigenvalue weighted by Gasteiger charge is 2.28. The summed E-state index contributed by atoms with van der Waals surface area (Å²) in [5, 5.41) is 10.3. The van der Waals surface area contributed by atoms with Crippen LogP contribution in [-0.4, -0.2) is 30.9 Å². The highest BCUT2D eigenvalue weighted by Crippen LogP contribution is 2.41. The summed E-state index contributed by atoms with van der Waals surface area (Å²) >= 11 is 6.05. The van der Waals surface area contributed by atoms with Crippen LogP contribution < -0.4 is 9.47 Å². The molecule has 6 heteroatoms. The van der Waals surface area contributed by atoms with Crippen LogP contribution in [0.25, 0.3) is 0 Å². The number of hydrogen-bond donors (Lipinski definition) is 1. The lowest BCUT2D eigenvalue weighted by Gasteiger charge is -2.17. The number of benzene rings is 1. The van der Waals surface area contributed by atoms with Crippen molar-refractivity contribution in [3.63, 3.8) is 0 Å². The fourth-order valence-electron chi connectivity index (χ4n) is 1.83. The fraction of sp³-hybridized carbons (Fsp3) is 0.462. The number of aliphatic hydroxyl groups is 1. The van der Waals surface area contributed by atoms with Crippen LogP contribution >= 0.6 is 11.6 Å². The Kier molecular flexibility index (Phi) is 4.50. The molecule has 0 spiro atoms. The molecule has 5 nitrogen and oxygen atoms in total. The highest BCUT2D eigenvalue weighted by atomic mass is 35.5. The standard InChI is InChI=1S/C13H15ClO5/c1-2-17-13(16)11(15)10-8(14)4-5-9-12(10)19-7-3-6-18-9/h4-5,11,15H,2-3,6-7H2,1H3. The number of fused-ring (bicyclic) bond motifs is 1. The highest BCUT2D eigenvalue weighted by molar-refractivity contribution is 6.32. The molecule has 1 aromatic carbocycles. The summed E-state index contributed by atoms with van der Waals surface area (Å²) in [6.07, 6.45) is -0.759. The van der Waals surface area contributed by atoms with E-state index in [1.54, 1.807) is 19.1 Å². The molecule has 104 valence electrons. The van der Waals surface area contributed by atoms with Crippen molar-refractivity contribution >= 4 is 17.6 Å². The van der Waals surface area contributed by atoms with Crippen LogP contribution in [0, 0.1) is 0 Å². The fourth-order valence-corrected chi connectivity index (χ4v) is 2.08. The molecule has 1 aliphatic heterocycles. The minimum absolute atomic E-state index is 0.180. The van der Waals surface area contributed by atoms with Crippen LogP contribution in [0.4, 0.5) is 0 Å². The summed E-state index contributed by atoms with van der Waals surface area (Å²) in [4.78, 5) is 11.6. The zero-order chi connectivity index (χ0) is 13.8. The molecule has 0 fully saturated rings. The predicted octanol–water partition coefficient (Wildman–Crippen LogP) is 2.10. The van der Waals surface area contributed by atoms with Gasteiger partial charge < -0.3 is 19.3 Å². The van der Waals surface area contributed by atoms with E-state index < -0.39 is 12.1 Å². The molecule has 19 heavy (non-hydrogen) atoms. The maximum Gasteiger partial charge on any atom is 0.339 e. The first-order chi connectivity index (χ1) is 9.15. The lowest BCUT2D eigenvalue weighted by Crippen LogP contribution is -2.17. The van der Waals surface area contributed by atoms with Crippen molar-refractivity contribution < 1.29 is 24.1 Å². The molecule has 0 saturated carbocycles. The van der Waals surface area contributed by atoms with Gasteiger partial charge >= 0.3 is 5.97 Å². The van der Waals surface area contributed by atoms with E-state index in [1.807, 2.05) is 0 Å². The first-order valence-corrected chi connectivity index (χ1v) is 6.45. The Hall–Kier alpha value is -1.46. The topological polar surface area (TPSA) is 65.0 Å². The summed E-state index contributed by atoms with van der Waals surface area (Å²) in [5.41, 5.74) is 0.194. The van der Waals surface area contributed by atoms with Gasteiger partial charge in [-0.1, -0.05) is 11.6 Å². The third-order valence-electron chi connectivity index (χ3n) is 2.68. The van der Waals surface area contributed by atoms with E-state index in [-0.39, 0.29) is 17.2 Å². The zero-order valence-electron chi connectivity index (χ0n) is 10.5. The van der Waals surface area contributed by atoms with Gasteiger partial charge in [0.1, 0.15) is 0 Å². The van der Waals surface area contributed by atoms with Crippen molar-refractivity contribution in [2.75, 3.05) is 19.8 Å². The number of hydrogen-bond acceptors (Lipinski definition) is 5. The van der Waals surface area contributed by atoms with Gasteiger partial charge in [-0.2, -0.15) is 0 Å². The Balaban J connectivity index is 2.40. The minimum atomic E-state index is -1.48. The van der Waals surface area contributed by atoms with Crippen molar-refractivity contribution in [3.05, 3.63) is 22.7 Å². The van der Waals surface area contributed by atoms with Gasteiger partial charge in [0.15, 0.2) is 17.6 Å². The second kappa shape index (κ2) is 6.12. The number of halogens is 1. The van der Waals surface area contributed by atoms with E-state index in [4.69, 9.17) is 25.8 Å². The maximum absolute atomic E-state index is 11.6. The predicted molar refractivity (Wildman–Crippen MR) is 68.7 cm³/mol. The van der Waals surface area contributed by atoms with Crippen LogP contribution in [0.3, 0.4) is 0 Å². The summed E-state index contributed by atoms with van der Waals surface area (Å²) < 4.78 is 15.8. The van der Waals surface area contributed by atoms with E-state index in [9.17, 15) is 9.90 Å². The van der Waals surface area contributed by atoms with Crippen LogP contribution in [0.5, 0.6) is 11.5 Å². The summed E-state index contributed by atoms with van der Waals surface area (Å²) in [6.45, 7) is 2.80. The van der Waals surface area contributed by atoms with Crippen molar-refractivity contribution in [3.8, 4) is 11.5 Å². The smallest absolute Gasteiger partial charge is 0.339 e. The molecule has 2 rings (SSSR count). The zero-order valence-corrected chi connectivity index (χ0v) is 11.3. The van der Waals surface area contributed by atoms with Crippen molar-refractivity contribution in [1.29, 1.82) is 0 Å². The molecular weight excluding hydrogens is 272 g/mol. The van der Waals surface area contributed by atoms with Crippen LogP contribution in [0.15, 0.2) is 12.1 Å². The largest absolute Gasteiger partial charge is 0.490 e. The SMILES string of the molecule is CCOC(=O)C(O)c1c(Cl)ccc2c1OCCCO2. The van der Waals surface area contributed by atoms with Crippen molar-refractivity contribution in [1.82, 2.24) is 0 Å². The third kappa shape index (κ3) is 2.93. The van der Waals surface area contributed by atoms with E-state index >= 15 is 0 Å². The Bertz CT molecular complexity index is 474. The van der Waals surface area contributed by atoms with Crippen LogP contribution in [0.1, 0.15) is 25.0 Å². The summed E-state index contributed by atoms with van der Waals surface area (Å²) in [5.74, 6) is 0.0245. The van der Waals surface area contributed by atoms with Crippen molar-refractivity contribution in [2.24, 2.45) is 0 Å². The maximum atomic E-state index is 11.6. The number of carbonyl (C=O) groups excluding carboxylic acids is 1. The quantitative estimate of drug-likeness (QED) is 0.862. The molecule has 1 aromatic rings. The van der Waals surface area contributed by atoms with Gasteiger partial charge in [-0.25, -0.2) is 4.79 Å². The van der Waals surface area contributed by atoms with E-state index in [1.165, 1.54) is 0 Å². The minimum Gasteiger partial charge on any atom is -0.490 e. The summed E-state index contributed by atoms with van der Waals surface area (Å²) in [7, 11) is 0. The van der Waals surface area contributed by atoms with Gasteiger partial charge in [-0.05, 0) is 19.1 Å². The van der Waals surface area contributed by atoms with E-state index in [0.717, 1.165) is 6.42 Å². The molecule has 1 aliphatic rings. The molecule has 0 amide bonds. The van der Waals surface area contributed by atoms with Gasteiger partial charge in [0, 0.05) is 6.42 Å². The monoisotopic (exact) mass is 286 g/mol. The number of aliphatic hydroxyl groups excluding tert-OH is 1. The van der Waals surface area contributed by atoms with E-state index in [0.29, 0.717) is 24.7 Å². The number of esters is 1. The second-order valence-corrected chi connectivity index (χ2v) is 4.40. The first-order valence-electron chi connectivity index (χ1n) is 6.07. The Labute approximate surface area is 116 Å². The van der Waals surface area contributed by atoms with Crippen molar-refractivity contribution in [2.45, 2.75) is 19.4 Å². The molecular formula is C13H15ClO5. The van der Waals surface area contributed by atoms with Crippen LogP contribution in [-0.2, 0) is 9.53 Å². The molecule has 0 aliphatic carbocycles. The lowest BCUT2D eigenvalue weighted by atomic mass is 10.1. The molecule has 1 unspecified atom stereocenters. The average Bonchev–Trinajstić information content (AvgIpc) is 2.63. The molecule has 1 N–H and O–H groups in total. The lowest BCUT2D eigenvalue weighted by molar-refractivity contribution is -0.153. The van der Waals surface area contributed by atoms with Gasteiger partial charge in [0.05, 0.1) is 30.4 Å². The second-order valence-electron chi connectivity index (χ2n) is 3.99. The summed E-state index contributed by atoms with van der Waals surface area (Å²) in [6, 6.07) is 3.22. The Morgan fingerprint density at radius 2 is 2.21 bits per heavy atom. The normalized spacial score (nSPS) is 15.5. The molecule has 0 aromatic heterocycles. The number of carbonyl (C=O) groups is 1. The average molecular weight is 287 g/mol. The van der Waals surface area contributed by atoms with Gasteiger partial charge in [0.25, 0.3) is 0 Å². The van der Waals surface area contributed by atoms with Crippen LogP contribution in [0.2, 0.25) is 5.02 Å². The Morgan fingerprint density at radius 1 is 1.47 bits per heavy atom. The van der Waals surface area contributed by atoms with Gasteiger partial charge in [0.2, 0.25) is 0 Å². The molecule has 1 atom stereocenters. The first kappa shape index (κ1) is 14.0. The molecule has 0 bridgehead atoms. The number of rotatable bonds is 3.